The van der Waals surface area contributed by atoms with Gasteiger partial charge in [0.15, 0.2) is 11.5 Å². The summed E-state index contributed by atoms with van der Waals surface area (Å²) in [5.41, 5.74) is 4.30. The first-order chi connectivity index (χ1) is 14.0. The predicted octanol–water partition coefficient (Wildman–Crippen LogP) is 3.79. The van der Waals surface area contributed by atoms with E-state index in [1.807, 2.05) is 26.0 Å². The lowest BCUT2D eigenvalue weighted by atomic mass is 10.1. The molecule has 2 rings (SSSR count). The maximum atomic E-state index is 12.1. The van der Waals surface area contributed by atoms with Crippen molar-refractivity contribution < 1.29 is 19.1 Å². The van der Waals surface area contributed by atoms with E-state index in [2.05, 4.69) is 15.8 Å². The van der Waals surface area contributed by atoms with Gasteiger partial charge in [-0.3, -0.25) is 9.59 Å². The zero-order valence-corrected chi connectivity index (χ0v) is 17.4. The second-order valence-electron chi connectivity index (χ2n) is 6.05. The zero-order valence-electron chi connectivity index (χ0n) is 16.6. The number of para-hydroxylation sites is 1. The number of aryl methyl sites for hydroxylation is 1. The van der Waals surface area contributed by atoms with Crippen molar-refractivity contribution in [1.82, 2.24) is 5.43 Å². The molecule has 0 radical (unpaired) electrons. The molecule has 0 aliphatic carbocycles. The minimum Gasteiger partial charge on any atom is -0.493 e. The van der Waals surface area contributed by atoms with Gasteiger partial charge in [-0.1, -0.05) is 43.6 Å². The Hall–Kier alpha value is -3.06. The van der Waals surface area contributed by atoms with Crippen molar-refractivity contribution in [2.45, 2.75) is 26.7 Å². The van der Waals surface area contributed by atoms with Crippen LogP contribution >= 0.6 is 11.6 Å². The van der Waals surface area contributed by atoms with Gasteiger partial charge in [0.2, 0.25) is 0 Å². The minimum absolute atomic E-state index is 0.361. The Morgan fingerprint density at radius 3 is 2.62 bits per heavy atom. The fourth-order valence-electron chi connectivity index (χ4n) is 2.50. The van der Waals surface area contributed by atoms with Crippen molar-refractivity contribution >= 4 is 35.3 Å². The first-order valence-electron chi connectivity index (χ1n) is 9.22. The van der Waals surface area contributed by atoms with Gasteiger partial charge in [-0.2, -0.15) is 5.10 Å². The molecule has 7 nitrogen and oxygen atoms in total. The molecule has 0 aliphatic heterocycles. The number of hydrazone groups is 1. The number of methoxy groups -OCH3 is 1. The highest BCUT2D eigenvalue weighted by atomic mass is 35.5. The molecule has 0 saturated carbocycles. The summed E-state index contributed by atoms with van der Waals surface area (Å²) in [5.74, 6) is -0.783. The van der Waals surface area contributed by atoms with E-state index in [1.54, 1.807) is 24.3 Å². The molecule has 2 amide bonds. The van der Waals surface area contributed by atoms with Gasteiger partial charge < -0.3 is 14.8 Å². The topological polar surface area (TPSA) is 89.0 Å². The maximum absolute atomic E-state index is 12.1. The lowest BCUT2D eigenvalue weighted by molar-refractivity contribution is -0.136. The van der Waals surface area contributed by atoms with Gasteiger partial charge in [-0.05, 0) is 42.2 Å². The Bertz CT molecular complexity index is 899. The molecule has 0 heterocycles. The monoisotopic (exact) mass is 417 g/mol. The van der Waals surface area contributed by atoms with Gasteiger partial charge in [-0.25, -0.2) is 5.43 Å². The van der Waals surface area contributed by atoms with E-state index in [9.17, 15) is 9.59 Å². The molecule has 0 atom stereocenters. The number of amides is 2. The number of carbonyl (C=O) groups excluding carboxylic acids is 2. The van der Waals surface area contributed by atoms with E-state index in [0.717, 1.165) is 18.4 Å². The van der Waals surface area contributed by atoms with E-state index >= 15 is 0 Å². The van der Waals surface area contributed by atoms with Crippen LogP contribution in [0.3, 0.4) is 0 Å². The molecule has 0 saturated heterocycles. The second-order valence-corrected chi connectivity index (χ2v) is 6.45. The minimum atomic E-state index is -0.881. The third-order valence-electron chi connectivity index (χ3n) is 3.93. The van der Waals surface area contributed by atoms with Crippen LogP contribution in [0.15, 0.2) is 41.5 Å². The Balaban J connectivity index is 2.02. The Morgan fingerprint density at radius 2 is 1.93 bits per heavy atom. The number of rotatable bonds is 8. The van der Waals surface area contributed by atoms with E-state index in [-0.39, 0.29) is 0 Å². The summed E-state index contributed by atoms with van der Waals surface area (Å²) < 4.78 is 10.9. The first kappa shape index (κ1) is 22.2. The van der Waals surface area contributed by atoms with Crippen molar-refractivity contribution in [2.75, 3.05) is 19.0 Å². The van der Waals surface area contributed by atoms with Gasteiger partial charge in [0.05, 0.1) is 25.0 Å². The fourth-order valence-corrected chi connectivity index (χ4v) is 2.78. The normalized spacial score (nSPS) is 10.6. The summed E-state index contributed by atoms with van der Waals surface area (Å²) in [6, 6.07) is 10.6. The highest BCUT2D eigenvalue weighted by Gasteiger charge is 2.15. The lowest BCUT2D eigenvalue weighted by Gasteiger charge is -2.12. The van der Waals surface area contributed by atoms with Gasteiger partial charge in [0.25, 0.3) is 0 Å². The smallest absolute Gasteiger partial charge is 0.329 e. The molecule has 29 heavy (non-hydrogen) atoms. The number of anilines is 1. The number of nitrogens with zero attached hydrogens (tertiary/aromatic N) is 1. The summed E-state index contributed by atoms with van der Waals surface area (Å²) in [7, 11) is 1.51. The van der Waals surface area contributed by atoms with Crippen LogP contribution in [0.25, 0.3) is 0 Å². The van der Waals surface area contributed by atoms with Crippen LogP contribution in [0.5, 0.6) is 11.5 Å². The molecule has 0 fully saturated rings. The maximum Gasteiger partial charge on any atom is 0.329 e. The molecule has 8 heteroatoms. The van der Waals surface area contributed by atoms with E-state index < -0.39 is 11.8 Å². The van der Waals surface area contributed by atoms with Crippen LogP contribution in [0.2, 0.25) is 5.02 Å². The van der Waals surface area contributed by atoms with Crippen molar-refractivity contribution in [1.29, 1.82) is 0 Å². The quantitative estimate of drug-likeness (QED) is 0.388. The molecular formula is C21H24ClN3O4. The lowest BCUT2D eigenvalue weighted by Crippen LogP contribution is -2.32. The molecule has 0 aliphatic rings. The number of ether oxygens (including phenoxy) is 2. The molecule has 2 aromatic carbocycles. The number of hydrogen-bond donors (Lipinski definition) is 2. The largest absolute Gasteiger partial charge is 0.493 e. The van der Waals surface area contributed by atoms with E-state index in [4.69, 9.17) is 21.1 Å². The molecule has 0 spiro atoms. The summed E-state index contributed by atoms with van der Waals surface area (Å²) in [4.78, 5) is 24.1. The van der Waals surface area contributed by atoms with Crippen LogP contribution in [0.1, 0.15) is 31.4 Å². The Morgan fingerprint density at radius 1 is 1.17 bits per heavy atom. The highest BCUT2D eigenvalue weighted by Crippen LogP contribution is 2.36. The molecule has 0 bridgehead atoms. The third-order valence-corrected chi connectivity index (χ3v) is 4.22. The number of hydrogen-bond acceptors (Lipinski definition) is 5. The zero-order chi connectivity index (χ0) is 21.2. The van der Waals surface area contributed by atoms with Crippen LogP contribution in [-0.4, -0.2) is 31.7 Å². The van der Waals surface area contributed by atoms with Crippen molar-refractivity contribution in [3.8, 4) is 11.5 Å². The Kier molecular flexibility index (Phi) is 8.48. The predicted molar refractivity (Wildman–Crippen MR) is 114 cm³/mol. The van der Waals surface area contributed by atoms with Gasteiger partial charge in [0.1, 0.15) is 0 Å². The second kappa shape index (κ2) is 11.1. The number of carbonyl (C=O) groups is 2. The highest BCUT2D eigenvalue weighted by molar-refractivity contribution is 6.39. The van der Waals surface area contributed by atoms with Crippen LogP contribution in [0, 0.1) is 0 Å². The van der Waals surface area contributed by atoms with Crippen LogP contribution < -0.4 is 20.2 Å². The number of halogens is 1. The SMILES string of the molecule is CCCOc1c(Cl)cc(/C=N\NC(=O)C(=O)Nc2ccccc2CC)cc1OC. The van der Waals surface area contributed by atoms with Crippen molar-refractivity contribution in [3.63, 3.8) is 0 Å². The van der Waals surface area contributed by atoms with Gasteiger partial charge >= 0.3 is 11.8 Å². The summed E-state index contributed by atoms with van der Waals surface area (Å²) in [5, 5.41) is 6.76. The van der Waals surface area contributed by atoms with Gasteiger partial charge in [0, 0.05) is 5.69 Å². The third kappa shape index (κ3) is 6.22. The van der Waals surface area contributed by atoms with E-state index in [1.165, 1.54) is 13.3 Å². The average Bonchev–Trinajstić information content (AvgIpc) is 2.72. The molecular weight excluding hydrogens is 394 g/mol. The standard InChI is InChI=1S/C21H24ClN3O4/c1-4-10-29-19-16(22)11-14(12-18(19)28-3)13-23-25-21(27)20(26)24-17-9-7-6-8-15(17)5-2/h6-9,11-13H,4-5,10H2,1-3H3,(H,24,26)(H,25,27)/b23-13-. The molecule has 2 N–H and O–H groups in total. The average molecular weight is 418 g/mol. The van der Waals surface area contributed by atoms with E-state index in [0.29, 0.717) is 34.4 Å². The summed E-state index contributed by atoms with van der Waals surface area (Å²) in [6.07, 6.45) is 2.93. The fraction of sp³-hybridized carbons (Fsp3) is 0.286. The molecule has 154 valence electrons. The number of nitrogens with one attached hydrogen (secondary N) is 2. The van der Waals surface area contributed by atoms with Crippen molar-refractivity contribution in [3.05, 3.63) is 52.5 Å². The number of benzene rings is 2. The first-order valence-corrected chi connectivity index (χ1v) is 9.60. The molecule has 0 aromatic heterocycles. The molecule has 0 unspecified atom stereocenters. The summed E-state index contributed by atoms with van der Waals surface area (Å²) in [6.45, 7) is 4.46. The molecule has 2 aromatic rings. The van der Waals surface area contributed by atoms with Gasteiger partial charge in [-0.15, -0.1) is 0 Å². The summed E-state index contributed by atoms with van der Waals surface area (Å²) >= 11 is 6.24. The Labute approximate surface area is 175 Å². The van der Waals surface area contributed by atoms with Crippen LogP contribution in [0.4, 0.5) is 5.69 Å². The van der Waals surface area contributed by atoms with Crippen LogP contribution in [-0.2, 0) is 16.0 Å². The van der Waals surface area contributed by atoms with Crippen molar-refractivity contribution in [2.24, 2.45) is 5.10 Å².